The van der Waals surface area contributed by atoms with E-state index in [4.69, 9.17) is 0 Å². The quantitative estimate of drug-likeness (QED) is 0.572. The smallest absolute Gasteiger partial charge is 0.270 e. The van der Waals surface area contributed by atoms with Crippen LogP contribution >= 0.6 is 11.3 Å². The summed E-state index contributed by atoms with van der Waals surface area (Å²) in [6.07, 6.45) is 2.97. The molecule has 0 unspecified atom stereocenters. The molecule has 8 nitrogen and oxygen atoms in total. The molecule has 0 bridgehead atoms. The number of nitrogens with one attached hydrogen (secondary N) is 1. The van der Waals surface area contributed by atoms with Crippen LogP contribution in [0.1, 0.15) is 47.6 Å². The number of nitro benzene ring substituents is 1. The number of nitrogens with zero attached hydrogens (tertiary/aromatic N) is 4. The number of hydrogen-bond donors (Lipinski definition) is 1. The Balaban J connectivity index is 1.59. The fraction of sp³-hybridized carbons (Fsp3) is 0.524. The van der Waals surface area contributed by atoms with Crippen LogP contribution in [0.2, 0.25) is 0 Å². The Bertz CT molecular complexity index is 952. The van der Waals surface area contributed by atoms with Gasteiger partial charge in [-0.1, -0.05) is 13.8 Å². The predicted octanol–water partition coefficient (Wildman–Crippen LogP) is 3.92. The number of piperidine rings is 1. The Morgan fingerprint density at radius 3 is 2.80 bits per heavy atom. The van der Waals surface area contributed by atoms with E-state index in [1.165, 1.54) is 28.3 Å². The molecule has 1 aromatic carbocycles. The highest BCUT2D eigenvalue weighted by Gasteiger charge is 2.25. The van der Waals surface area contributed by atoms with Crippen molar-refractivity contribution in [1.29, 1.82) is 0 Å². The highest BCUT2D eigenvalue weighted by atomic mass is 32.1. The van der Waals surface area contributed by atoms with Crippen LogP contribution in [-0.2, 0) is 13.0 Å². The fourth-order valence-electron chi connectivity index (χ4n) is 4.08. The molecule has 4 rings (SSSR count). The van der Waals surface area contributed by atoms with E-state index in [2.05, 4.69) is 33.9 Å². The first-order chi connectivity index (χ1) is 14.4. The molecule has 1 N–H and O–H groups in total. The minimum Gasteiger partial charge on any atom is -0.371 e. The Hall–Kier alpha value is -2.52. The van der Waals surface area contributed by atoms with Crippen LogP contribution in [0.25, 0.3) is 0 Å². The summed E-state index contributed by atoms with van der Waals surface area (Å²) in [5.74, 6) is 0.312. The standard InChI is InChI=1S/C21H27N5O3S/c1-3-24-9-8-17-19(13-24)30-21(22-17)23-20(27)16-12-15(26(28)29)4-5-18(16)25-10-6-14(2)7-11-25/h4-5,12,14H,3,6-11,13H2,1-2H3,(H,22,23,27). The van der Waals surface area contributed by atoms with E-state index >= 15 is 0 Å². The molecule has 1 fully saturated rings. The second-order valence-electron chi connectivity index (χ2n) is 8.09. The van der Waals surface area contributed by atoms with Crippen molar-refractivity contribution in [2.45, 2.75) is 39.7 Å². The van der Waals surface area contributed by atoms with Crippen LogP contribution < -0.4 is 10.2 Å². The van der Waals surface area contributed by atoms with Crippen molar-refractivity contribution < 1.29 is 9.72 Å². The summed E-state index contributed by atoms with van der Waals surface area (Å²) in [6, 6.07) is 4.57. The van der Waals surface area contributed by atoms with Crippen LogP contribution in [0.3, 0.4) is 0 Å². The molecule has 30 heavy (non-hydrogen) atoms. The van der Waals surface area contributed by atoms with Crippen molar-refractivity contribution in [2.75, 3.05) is 36.4 Å². The van der Waals surface area contributed by atoms with E-state index in [0.29, 0.717) is 16.6 Å². The van der Waals surface area contributed by atoms with E-state index in [0.717, 1.165) is 63.4 Å². The third-order valence-corrected chi connectivity index (χ3v) is 7.04. The molecular weight excluding hydrogens is 402 g/mol. The van der Waals surface area contributed by atoms with Gasteiger partial charge in [0, 0.05) is 49.6 Å². The molecule has 0 atom stereocenters. The molecule has 2 aliphatic rings. The highest BCUT2D eigenvalue weighted by Crippen LogP contribution is 2.32. The normalized spacial score (nSPS) is 17.6. The van der Waals surface area contributed by atoms with Crippen molar-refractivity contribution in [3.8, 4) is 0 Å². The molecule has 9 heteroatoms. The van der Waals surface area contributed by atoms with Crippen molar-refractivity contribution in [3.63, 3.8) is 0 Å². The van der Waals surface area contributed by atoms with Crippen molar-refractivity contribution in [2.24, 2.45) is 5.92 Å². The maximum Gasteiger partial charge on any atom is 0.270 e. The van der Waals surface area contributed by atoms with Gasteiger partial charge >= 0.3 is 0 Å². The second kappa shape index (κ2) is 8.69. The lowest BCUT2D eigenvalue weighted by molar-refractivity contribution is -0.384. The predicted molar refractivity (Wildman–Crippen MR) is 118 cm³/mol. The van der Waals surface area contributed by atoms with Gasteiger partial charge in [-0.15, -0.1) is 11.3 Å². The molecule has 3 heterocycles. The molecule has 1 saturated heterocycles. The molecular formula is C21H27N5O3S. The first-order valence-corrected chi connectivity index (χ1v) is 11.3. The number of hydrogen-bond acceptors (Lipinski definition) is 7. The van der Waals surface area contributed by atoms with Crippen LogP contribution in [0, 0.1) is 16.0 Å². The SMILES string of the molecule is CCN1CCc2nc(NC(=O)c3cc([N+](=O)[O-])ccc3N3CCC(C)CC3)sc2C1. The molecule has 160 valence electrons. The number of carbonyl (C=O) groups is 1. The van der Waals surface area contributed by atoms with E-state index in [9.17, 15) is 14.9 Å². The van der Waals surface area contributed by atoms with Gasteiger partial charge in [-0.25, -0.2) is 4.98 Å². The average molecular weight is 430 g/mol. The Kier molecular flexibility index (Phi) is 6.01. The van der Waals surface area contributed by atoms with Gasteiger partial charge in [0.1, 0.15) is 0 Å². The van der Waals surface area contributed by atoms with E-state index in [1.807, 2.05) is 0 Å². The highest BCUT2D eigenvalue weighted by molar-refractivity contribution is 7.15. The summed E-state index contributed by atoms with van der Waals surface area (Å²) in [5.41, 5.74) is 2.06. The van der Waals surface area contributed by atoms with Gasteiger partial charge in [0.2, 0.25) is 0 Å². The lowest BCUT2D eigenvalue weighted by atomic mass is 9.98. The monoisotopic (exact) mass is 429 g/mol. The molecule has 0 spiro atoms. The van der Waals surface area contributed by atoms with Crippen LogP contribution in [-0.4, -0.2) is 46.9 Å². The van der Waals surface area contributed by atoms with Crippen LogP contribution in [0.5, 0.6) is 0 Å². The van der Waals surface area contributed by atoms with Gasteiger partial charge < -0.3 is 4.90 Å². The number of rotatable bonds is 5. The summed E-state index contributed by atoms with van der Waals surface area (Å²) in [5, 5.41) is 14.8. The van der Waals surface area contributed by atoms with Gasteiger partial charge in [0.15, 0.2) is 5.13 Å². The second-order valence-corrected chi connectivity index (χ2v) is 9.17. The molecule has 2 aromatic rings. The summed E-state index contributed by atoms with van der Waals surface area (Å²) < 4.78 is 0. The Morgan fingerprint density at radius 1 is 1.33 bits per heavy atom. The lowest BCUT2D eigenvalue weighted by Crippen LogP contribution is -2.34. The topological polar surface area (TPSA) is 91.6 Å². The number of fused-ring (bicyclic) bond motifs is 1. The molecule has 1 aromatic heterocycles. The Labute approximate surface area is 180 Å². The minimum absolute atomic E-state index is 0.0775. The number of benzene rings is 1. The maximum atomic E-state index is 13.1. The lowest BCUT2D eigenvalue weighted by Gasteiger charge is -2.33. The van der Waals surface area contributed by atoms with Gasteiger partial charge in [0.25, 0.3) is 11.6 Å². The Morgan fingerprint density at radius 2 is 2.10 bits per heavy atom. The zero-order chi connectivity index (χ0) is 21.3. The molecule has 0 aliphatic carbocycles. The van der Waals surface area contributed by atoms with Crippen LogP contribution in [0.4, 0.5) is 16.5 Å². The van der Waals surface area contributed by atoms with Gasteiger partial charge in [-0.05, 0) is 31.4 Å². The largest absolute Gasteiger partial charge is 0.371 e. The zero-order valence-corrected chi connectivity index (χ0v) is 18.2. The number of nitro groups is 1. The third kappa shape index (κ3) is 4.32. The summed E-state index contributed by atoms with van der Waals surface area (Å²) >= 11 is 1.50. The molecule has 0 radical (unpaired) electrons. The minimum atomic E-state index is -0.458. The maximum absolute atomic E-state index is 13.1. The van der Waals surface area contributed by atoms with Crippen molar-refractivity contribution >= 4 is 33.8 Å². The zero-order valence-electron chi connectivity index (χ0n) is 17.4. The van der Waals surface area contributed by atoms with Gasteiger partial charge in [-0.2, -0.15) is 0 Å². The number of thiazole rings is 1. The van der Waals surface area contributed by atoms with Gasteiger partial charge in [0.05, 0.1) is 21.9 Å². The van der Waals surface area contributed by atoms with Gasteiger partial charge in [-0.3, -0.25) is 25.1 Å². The summed E-state index contributed by atoms with van der Waals surface area (Å²) in [7, 11) is 0. The summed E-state index contributed by atoms with van der Waals surface area (Å²) in [4.78, 5) is 34.3. The van der Waals surface area contributed by atoms with Crippen molar-refractivity contribution in [3.05, 3.63) is 44.4 Å². The fourth-order valence-corrected chi connectivity index (χ4v) is 5.13. The third-order valence-electron chi connectivity index (χ3n) is 6.04. The van der Waals surface area contributed by atoms with Crippen LogP contribution in [0.15, 0.2) is 18.2 Å². The molecule has 2 aliphatic heterocycles. The number of amides is 1. The number of aromatic nitrogens is 1. The van der Waals surface area contributed by atoms with E-state index in [-0.39, 0.29) is 11.6 Å². The van der Waals surface area contributed by atoms with E-state index in [1.54, 1.807) is 6.07 Å². The summed E-state index contributed by atoms with van der Waals surface area (Å²) in [6.45, 7) is 8.88. The van der Waals surface area contributed by atoms with E-state index < -0.39 is 4.92 Å². The number of non-ortho nitro benzene ring substituents is 1. The first-order valence-electron chi connectivity index (χ1n) is 10.5. The number of carbonyl (C=O) groups excluding carboxylic acids is 1. The van der Waals surface area contributed by atoms with Crippen molar-refractivity contribution in [1.82, 2.24) is 9.88 Å². The average Bonchev–Trinajstić information content (AvgIpc) is 3.15. The number of likely N-dealkylation sites (N-methyl/N-ethyl adjacent to an activating group) is 1. The molecule has 0 saturated carbocycles. The molecule has 1 amide bonds. The first kappa shape index (κ1) is 20.7. The number of anilines is 2.